The number of hydrogen-bond donors (Lipinski definition) is 10. The molecule has 0 spiro atoms. The number of aromatic nitrogens is 2. The number of fused-ring (bicyclic) bond motifs is 16. The number of ether oxygens (including phenoxy) is 5. The summed E-state index contributed by atoms with van der Waals surface area (Å²) in [5.74, 6) is -4.83. The highest BCUT2D eigenvalue weighted by Crippen LogP contribution is 2.55. The number of carbonyl (C=O) groups excluding carboxylic acids is 4. The normalized spacial score (nSPS) is 27.3. The van der Waals surface area contributed by atoms with Crippen LogP contribution < -0.4 is 41.7 Å². The molecule has 8 heterocycles. The molecule has 98 heavy (non-hydrogen) atoms. The number of halogens is 1. The van der Waals surface area contributed by atoms with Gasteiger partial charge in [-0.2, -0.15) is 5.10 Å². The molecule has 1 aliphatic carbocycles. The summed E-state index contributed by atoms with van der Waals surface area (Å²) in [6.45, 7) is 17.5. The van der Waals surface area contributed by atoms with E-state index in [1.54, 1.807) is 61.6 Å². The van der Waals surface area contributed by atoms with E-state index < -0.39 is 106 Å². The maximum Gasteiger partial charge on any atom is 0.341 e. The van der Waals surface area contributed by atoms with Crippen LogP contribution in [0.15, 0.2) is 82.8 Å². The third-order valence-electron chi connectivity index (χ3n) is 19.4. The van der Waals surface area contributed by atoms with Crippen molar-refractivity contribution in [2.45, 2.75) is 123 Å². The standard InChI is InChI=1S/C43H58N4O12.C21H24FN3O4.C6H7N3O/c1-21-12-11-13-22(2)42(55)45-33-28(20-44-47-17-15-46(9)16-18-47)37(52)30-31(38(33)53)36(51)26(6)40-32(30)41(54)43(8,59-40)57-19-14-29(56-10)23(3)39(58-27(7)48)25(5)35(50)24(4)34(21)49;1-29-20-17-13(19(26)14(21(27)28)9-25(17)12-4-5-12)7-15(22)18(20)24-8-11-3-2-6-23-16(11)10-24;7-9-6(10)5-1-3-8-4-2-5/h11-14,19-21,23-25,29,34-35,39,49-53H,15-18H2,1-10H3,(H,45,55);7,9,11-12,16,23H,2-6,8,10H2,1H3,(H,27,28);1-4H,7H2,(H,9,10)/b12-11+,19-14+,22-13-,44-20+;;/t21-,23+,24+,25+,29-,34-,35+,39+,43-;11-,16+;/m00./s1. The highest BCUT2D eigenvalue weighted by molar-refractivity contribution is 6.24. The van der Waals surface area contributed by atoms with Crippen LogP contribution in [0, 0.1) is 42.3 Å². The van der Waals surface area contributed by atoms with Crippen molar-refractivity contribution in [3.05, 3.63) is 117 Å². The van der Waals surface area contributed by atoms with Crippen LogP contribution in [-0.2, 0) is 23.8 Å². The lowest BCUT2D eigenvalue weighted by molar-refractivity contribution is -0.160. The third-order valence-corrected chi connectivity index (χ3v) is 19.4. The molecule has 5 bridgehead atoms. The number of esters is 1. The predicted octanol–water partition coefficient (Wildman–Crippen LogP) is 6.39. The first-order valence-electron chi connectivity index (χ1n) is 32.7. The van der Waals surface area contributed by atoms with Gasteiger partial charge in [0, 0.05) is 137 Å². The first-order valence-corrected chi connectivity index (χ1v) is 32.7. The maximum absolute atomic E-state index is 15.3. The molecule has 12 rings (SSSR count). The van der Waals surface area contributed by atoms with Gasteiger partial charge in [-0.25, -0.2) is 15.0 Å². The minimum atomic E-state index is -2.04. The number of hydrazine groups is 1. The van der Waals surface area contributed by atoms with Gasteiger partial charge in [0.15, 0.2) is 17.3 Å². The lowest BCUT2D eigenvalue weighted by Crippen LogP contribution is -2.46. The van der Waals surface area contributed by atoms with Crippen LogP contribution in [-0.4, -0.2) is 189 Å². The van der Waals surface area contributed by atoms with Gasteiger partial charge in [0.25, 0.3) is 17.6 Å². The van der Waals surface area contributed by atoms with Gasteiger partial charge in [0.1, 0.15) is 34.6 Å². The van der Waals surface area contributed by atoms with Crippen LogP contribution >= 0.6 is 0 Å². The number of anilines is 2. The minimum absolute atomic E-state index is 0.0559. The zero-order valence-electron chi connectivity index (χ0n) is 56.9. The molecule has 6 aliphatic heterocycles. The molecule has 0 unspecified atom stereocenters. The van der Waals surface area contributed by atoms with Gasteiger partial charge in [-0.15, -0.1) is 0 Å². The maximum atomic E-state index is 15.3. The van der Waals surface area contributed by atoms with Gasteiger partial charge in [0.05, 0.1) is 71.0 Å². The summed E-state index contributed by atoms with van der Waals surface area (Å²) >= 11 is 0. The summed E-state index contributed by atoms with van der Waals surface area (Å²) in [7, 11) is 4.90. The van der Waals surface area contributed by atoms with E-state index in [0.717, 1.165) is 51.9 Å². The molecule has 4 fully saturated rings. The summed E-state index contributed by atoms with van der Waals surface area (Å²) in [6, 6.07) is 4.79. The van der Waals surface area contributed by atoms with Crippen molar-refractivity contribution in [3.63, 3.8) is 0 Å². The van der Waals surface area contributed by atoms with E-state index in [2.05, 4.69) is 25.6 Å². The predicted molar refractivity (Wildman–Crippen MR) is 363 cm³/mol. The van der Waals surface area contributed by atoms with E-state index in [9.17, 15) is 59.4 Å². The Hall–Kier alpha value is -9.19. The Morgan fingerprint density at radius 1 is 0.918 bits per heavy atom. The van der Waals surface area contributed by atoms with Crippen molar-refractivity contribution in [1.82, 2.24) is 30.2 Å². The number of allylic oxidation sites excluding steroid dienone is 2. The number of aliphatic hydroxyl groups is 2. The zero-order chi connectivity index (χ0) is 71.4. The fraction of sp³-hybridized carbons (Fsp3) is 0.486. The number of methoxy groups -OCH3 is 2. The summed E-state index contributed by atoms with van der Waals surface area (Å²) < 4.78 is 46.4. The summed E-state index contributed by atoms with van der Waals surface area (Å²) in [4.78, 5) is 83.5. The molecule has 2 amide bonds. The number of aromatic carboxylic acids is 1. The SMILES string of the molecule is CO[C@H]1/C=C/O[C@@]2(C)Oc3c(C)c(O)c4c(O)c(c(/C=N/N5CCN(C)CC5)c(O)c4c3C2=O)NC(=O)/C(C)=C\C=C\[C@H](C)[C@H](O)[C@@H](C)[C@@H](O)[C@@H](C)[C@H](OC(C)=O)[C@@H]1C.COc1c(N2C[C@@H]3CCCN[C@@H]3C2)c(F)cc2c(=O)c(C(=O)O)cn(C3CC3)c12.NNC(=O)c1ccncc1. The number of Topliss-reactive ketones (excluding diaryl/α,β-unsaturated/α-hetero) is 1. The lowest BCUT2D eigenvalue weighted by Gasteiger charge is -2.38. The van der Waals surface area contributed by atoms with Crippen LogP contribution in [0.3, 0.4) is 0 Å². The average Bonchev–Trinajstić information content (AvgIpc) is 1.37. The molecule has 11 N–H and O–H groups in total. The number of nitrogens with zero attached hydrogens (tertiary/aromatic N) is 6. The summed E-state index contributed by atoms with van der Waals surface area (Å²) in [5.41, 5.74) is 2.02. The number of hydrogen-bond acceptors (Lipinski definition) is 23. The molecular formula is C70H89FN10O17. The van der Waals surface area contributed by atoms with Crippen molar-refractivity contribution in [3.8, 4) is 28.7 Å². The minimum Gasteiger partial charge on any atom is -0.507 e. The number of phenolic OH excluding ortho intramolecular Hbond substituents is 3. The van der Waals surface area contributed by atoms with Crippen molar-refractivity contribution in [2.75, 3.05) is 77.3 Å². The van der Waals surface area contributed by atoms with E-state index in [1.165, 1.54) is 91.2 Å². The number of amides is 2. The number of aliphatic hydroxyl groups excluding tert-OH is 2. The molecule has 11 atom stereocenters. The molecule has 7 aliphatic rings. The number of carboxylic acids is 1. The molecule has 3 aromatic carbocycles. The number of aromatic hydroxyl groups is 3. The summed E-state index contributed by atoms with van der Waals surface area (Å²) in [6.07, 6.45) is 13.3. The fourth-order valence-corrected chi connectivity index (χ4v) is 13.5. The van der Waals surface area contributed by atoms with Crippen LogP contribution in [0.25, 0.3) is 21.7 Å². The van der Waals surface area contributed by atoms with E-state index in [0.29, 0.717) is 54.1 Å². The van der Waals surface area contributed by atoms with E-state index in [1.807, 2.05) is 17.4 Å². The number of benzene rings is 3. The second kappa shape index (κ2) is 30.7. The Morgan fingerprint density at radius 3 is 2.23 bits per heavy atom. The number of hydrazone groups is 1. The molecule has 1 saturated carbocycles. The van der Waals surface area contributed by atoms with Crippen molar-refractivity contribution in [2.24, 2.45) is 40.5 Å². The Bertz CT molecular complexity index is 4030. The Kier molecular flexibility index (Phi) is 22.9. The Morgan fingerprint density at radius 2 is 1.61 bits per heavy atom. The van der Waals surface area contributed by atoms with E-state index in [-0.39, 0.29) is 67.4 Å². The number of pyridine rings is 2. The highest BCUT2D eigenvalue weighted by Gasteiger charge is 2.50. The molecule has 528 valence electrons. The van der Waals surface area contributed by atoms with E-state index in [4.69, 9.17) is 29.5 Å². The number of nitrogens with two attached hydrogens (primary N) is 1. The average molecular weight is 1360 g/mol. The zero-order valence-corrected chi connectivity index (χ0v) is 56.9. The van der Waals surface area contributed by atoms with Crippen molar-refractivity contribution in [1.29, 1.82) is 0 Å². The van der Waals surface area contributed by atoms with E-state index >= 15 is 4.39 Å². The molecule has 28 heteroatoms. The first kappa shape index (κ1) is 73.1. The van der Waals surface area contributed by atoms with Gasteiger partial charge in [0.2, 0.25) is 5.43 Å². The molecular weight excluding hydrogens is 1270 g/mol. The number of piperidine rings is 1. The number of carbonyl (C=O) groups is 5. The summed E-state index contributed by atoms with van der Waals surface area (Å²) in [5, 5.41) is 79.9. The second-order valence-corrected chi connectivity index (χ2v) is 26.1. The molecule has 5 aromatic rings. The number of phenols is 3. The van der Waals surface area contributed by atoms with Crippen LogP contribution in [0.2, 0.25) is 0 Å². The van der Waals surface area contributed by atoms with Crippen LogP contribution in [0.4, 0.5) is 15.8 Å². The third kappa shape index (κ3) is 15.1. The Balaban J connectivity index is 0.000000234. The van der Waals surface area contributed by atoms with Gasteiger partial charge < -0.3 is 79.3 Å². The van der Waals surface area contributed by atoms with Gasteiger partial charge in [-0.05, 0) is 83.3 Å². The van der Waals surface area contributed by atoms with Gasteiger partial charge in [-0.3, -0.25) is 39.4 Å². The van der Waals surface area contributed by atoms with Gasteiger partial charge >= 0.3 is 17.7 Å². The fourth-order valence-electron chi connectivity index (χ4n) is 13.5. The first-order chi connectivity index (χ1) is 46.6. The molecule has 27 nitrogen and oxygen atoms in total. The molecule has 2 aromatic heterocycles. The number of piperazine rings is 1. The monoisotopic (exact) mass is 1360 g/mol. The smallest absolute Gasteiger partial charge is 0.341 e. The quantitative estimate of drug-likeness (QED) is 0.0145. The Labute approximate surface area is 566 Å². The topological polar surface area (TPSA) is 372 Å². The van der Waals surface area contributed by atoms with Crippen molar-refractivity contribution >= 4 is 68.8 Å². The number of rotatable bonds is 9. The number of nitrogen functional groups attached to an aromatic ring is 1. The van der Waals surface area contributed by atoms with Crippen LogP contribution in [0.1, 0.15) is 122 Å². The number of nitrogens with one attached hydrogen (secondary N) is 3. The number of likely N-dealkylation sites (N-methyl/N-ethyl adjacent to an activating group) is 1. The molecule has 0 radical (unpaired) electrons. The largest absolute Gasteiger partial charge is 0.507 e. The number of ketones is 1. The lowest BCUT2D eigenvalue weighted by atomic mass is 9.78. The van der Waals surface area contributed by atoms with Crippen molar-refractivity contribution < 1.29 is 82.7 Å². The number of carboxylic acid groups (broad SMARTS) is 1. The second-order valence-electron chi connectivity index (χ2n) is 26.1. The van der Waals surface area contributed by atoms with Gasteiger partial charge in [-0.1, -0.05) is 45.9 Å². The van der Waals surface area contributed by atoms with Crippen LogP contribution in [0.5, 0.6) is 28.7 Å². The molecule has 3 saturated heterocycles. The highest BCUT2D eigenvalue weighted by atomic mass is 19.1.